The summed E-state index contributed by atoms with van der Waals surface area (Å²) in [7, 11) is 0. The van der Waals surface area contributed by atoms with E-state index in [0.717, 1.165) is 17.0 Å². The molecule has 5 nitrogen and oxygen atoms in total. The zero-order valence-electron chi connectivity index (χ0n) is 14.5. The fourth-order valence-electron chi connectivity index (χ4n) is 2.14. The van der Waals surface area contributed by atoms with Crippen molar-refractivity contribution in [3.63, 3.8) is 0 Å². The second-order valence-corrected chi connectivity index (χ2v) is 6.71. The zero-order chi connectivity index (χ0) is 17.4. The van der Waals surface area contributed by atoms with Crippen molar-refractivity contribution in [1.29, 1.82) is 0 Å². The number of nitrogens with two attached hydrogens (primary N) is 1. The normalized spacial score (nSPS) is 11.1. The Kier molecular flexibility index (Phi) is 9.51. The van der Waals surface area contributed by atoms with Crippen molar-refractivity contribution in [3.05, 3.63) is 52.2 Å². The second kappa shape index (κ2) is 11.1. The van der Waals surface area contributed by atoms with Crippen LogP contribution in [0.25, 0.3) is 0 Å². The van der Waals surface area contributed by atoms with Crippen LogP contribution in [0, 0.1) is 0 Å². The molecule has 0 fully saturated rings. The molecule has 0 saturated carbocycles. The molecular weight excluding hydrogens is 447 g/mol. The van der Waals surface area contributed by atoms with E-state index in [1.807, 2.05) is 29.6 Å². The fraction of sp³-hybridized carbons (Fsp3) is 0.333. The Morgan fingerprint density at radius 2 is 2.08 bits per heavy atom. The molecule has 1 heterocycles. The number of hydrogen-bond acceptors (Lipinski definition) is 3. The van der Waals surface area contributed by atoms with Crippen LogP contribution < -0.4 is 16.4 Å². The van der Waals surface area contributed by atoms with Gasteiger partial charge in [-0.05, 0) is 41.5 Å². The van der Waals surface area contributed by atoms with Gasteiger partial charge in [0.1, 0.15) is 0 Å². The topological polar surface area (TPSA) is 79.5 Å². The van der Waals surface area contributed by atoms with Gasteiger partial charge in [0, 0.05) is 18.8 Å². The molecule has 0 atom stereocenters. The summed E-state index contributed by atoms with van der Waals surface area (Å²) in [5, 5.41) is 7.86. The highest BCUT2D eigenvalue weighted by atomic mass is 127. The Labute approximate surface area is 170 Å². The summed E-state index contributed by atoms with van der Waals surface area (Å²) in [5.74, 6) is 0.822. The molecule has 7 heteroatoms. The number of hydrogen-bond donors (Lipinski definition) is 3. The first-order valence-electron chi connectivity index (χ1n) is 8.05. The first-order chi connectivity index (χ1) is 11.6. The minimum Gasteiger partial charge on any atom is -0.370 e. The molecule has 2 rings (SSSR count). The molecule has 0 radical (unpaired) electrons. The van der Waals surface area contributed by atoms with Crippen LogP contribution in [0.1, 0.15) is 41.4 Å². The maximum Gasteiger partial charge on any atom is 0.261 e. The van der Waals surface area contributed by atoms with Gasteiger partial charge in [0.05, 0.1) is 4.88 Å². The molecule has 0 aliphatic rings. The fourth-order valence-corrected chi connectivity index (χ4v) is 2.78. The largest absolute Gasteiger partial charge is 0.370 e. The average Bonchev–Trinajstić information content (AvgIpc) is 3.09. The van der Waals surface area contributed by atoms with Crippen molar-refractivity contribution in [3.8, 4) is 0 Å². The van der Waals surface area contributed by atoms with Crippen molar-refractivity contribution in [1.82, 2.24) is 5.32 Å². The predicted molar refractivity (Wildman–Crippen MR) is 117 cm³/mol. The highest BCUT2D eigenvalue weighted by Gasteiger charge is 2.04. The van der Waals surface area contributed by atoms with Crippen LogP contribution >= 0.6 is 35.3 Å². The van der Waals surface area contributed by atoms with E-state index >= 15 is 0 Å². The summed E-state index contributed by atoms with van der Waals surface area (Å²) in [6.45, 7) is 5.45. The molecule has 0 aliphatic heterocycles. The Morgan fingerprint density at radius 1 is 1.28 bits per heavy atom. The summed E-state index contributed by atoms with van der Waals surface area (Å²) in [6.07, 6.45) is 0.742. The molecule has 1 amide bonds. The third kappa shape index (κ3) is 7.43. The van der Waals surface area contributed by atoms with E-state index < -0.39 is 0 Å². The number of rotatable bonds is 7. The van der Waals surface area contributed by atoms with E-state index in [1.54, 1.807) is 0 Å². The van der Waals surface area contributed by atoms with Crippen LogP contribution in [0.5, 0.6) is 0 Å². The van der Waals surface area contributed by atoms with Gasteiger partial charge in [-0.15, -0.1) is 35.3 Å². The summed E-state index contributed by atoms with van der Waals surface area (Å²) in [5.41, 5.74) is 8.10. The van der Waals surface area contributed by atoms with Crippen LogP contribution in [0.4, 0.5) is 5.69 Å². The monoisotopic (exact) mass is 472 g/mol. The molecule has 0 unspecified atom stereocenters. The van der Waals surface area contributed by atoms with E-state index in [0.29, 0.717) is 25.0 Å². The third-order valence-electron chi connectivity index (χ3n) is 3.47. The van der Waals surface area contributed by atoms with Gasteiger partial charge in [-0.2, -0.15) is 0 Å². The van der Waals surface area contributed by atoms with Crippen molar-refractivity contribution in [2.24, 2.45) is 10.7 Å². The molecule has 0 spiro atoms. The Morgan fingerprint density at radius 3 is 2.76 bits per heavy atom. The average molecular weight is 472 g/mol. The predicted octanol–water partition coefficient (Wildman–Crippen LogP) is 4.04. The Bertz CT molecular complexity index is 686. The SMILES string of the molecule is CC(C)c1cccc(NC(N)=NCCCNC(=O)c2cccs2)c1.I. The van der Waals surface area contributed by atoms with E-state index in [1.165, 1.54) is 16.9 Å². The molecule has 25 heavy (non-hydrogen) atoms. The van der Waals surface area contributed by atoms with Crippen LogP contribution in [-0.2, 0) is 0 Å². The number of thiophene rings is 1. The first kappa shape index (κ1) is 21.4. The number of aliphatic imine (C=N–C) groups is 1. The van der Waals surface area contributed by atoms with Gasteiger partial charge >= 0.3 is 0 Å². The zero-order valence-corrected chi connectivity index (χ0v) is 17.6. The van der Waals surface area contributed by atoms with Gasteiger partial charge in [-0.1, -0.05) is 32.0 Å². The van der Waals surface area contributed by atoms with E-state index in [-0.39, 0.29) is 29.9 Å². The summed E-state index contributed by atoms with van der Waals surface area (Å²) in [4.78, 5) is 16.8. The minimum atomic E-state index is -0.0365. The highest BCUT2D eigenvalue weighted by Crippen LogP contribution is 2.18. The third-order valence-corrected chi connectivity index (χ3v) is 4.34. The van der Waals surface area contributed by atoms with Crippen molar-refractivity contribution >= 4 is 52.9 Å². The smallest absolute Gasteiger partial charge is 0.261 e. The van der Waals surface area contributed by atoms with Gasteiger partial charge in [-0.25, -0.2) is 0 Å². The second-order valence-electron chi connectivity index (χ2n) is 5.76. The summed E-state index contributed by atoms with van der Waals surface area (Å²) in [6, 6.07) is 11.8. The number of amides is 1. The van der Waals surface area contributed by atoms with Crippen LogP contribution in [0.3, 0.4) is 0 Å². The quantitative estimate of drug-likeness (QED) is 0.246. The molecule has 0 bridgehead atoms. The van der Waals surface area contributed by atoms with Gasteiger partial charge < -0.3 is 16.4 Å². The van der Waals surface area contributed by atoms with Crippen molar-refractivity contribution < 1.29 is 4.79 Å². The molecular formula is C18H25IN4OS. The number of benzene rings is 1. The number of carbonyl (C=O) groups excluding carboxylic acids is 1. The Hall–Kier alpha value is -1.61. The molecule has 0 aliphatic carbocycles. The lowest BCUT2D eigenvalue weighted by Gasteiger charge is -2.10. The standard InChI is InChI=1S/C18H24N4OS.HI/c1-13(2)14-6-3-7-15(12-14)22-18(19)21-10-5-9-20-17(23)16-8-4-11-24-16;/h3-4,6-8,11-13H,5,9-10H2,1-2H3,(H,20,23)(H3,19,21,22);1H. The maximum absolute atomic E-state index is 11.8. The van der Waals surface area contributed by atoms with Crippen LogP contribution in [0.2, 0.25) is 0 Å². The van der Waals surface area contributed by atoms with E-state index in [2.05, 4.69) is 41.6 Å². The number of halogens is 1. The van der Waals surface area contributed by atoms with E-state index in [9.17, 15) is 4.79 Å². The molecule has 1 aromatic heterocycles. The molecule has 0 saturated heterocycles. The lowest BCUT2D eigenvalue weighted by molar-refractivity contribution is 0.0957. The van der Waals surface area contributed by atoms with Crippen LogP contribution in [-0.4, -0.2) is 25.0 Å². The van der Waals surface area contributed by atoms with Crippen molar-refractivity contribution in [2.45, 2.75) is 26.2 Å². The van der Waals surface area contributed by atoms with Crippen molar-refractivity contribution in [2.75, 3.05) is 18.4 Å². The van der Waals surface area contributed by atoms with Gasteiger partial charge in [0.2, 0.25) is 0 Å². The number of carbonyl (C=O) groups is 1. The number of anilines is 1. The van der Waals surface area contributed by atoms with Gasteiger partial charge in [-0.3, -0.25) is 9.79 Å². The summed E-state index contributed by atoms with van der Waals surface area (Å²) >= 11 is 1.43. The summed E-state index contributed by atoms with van der Waals surface area (Å²) < 4.78 is 0. The minimum absolute atomic E-state index is 0. The number of guanidine groups is 1. The lowest BCUT2D eigenvalue weighted by atomic mass is 10.0. The molecule has 1 aromatic carbocycles. The van der Waals surface area contributed by atoms with E-state index in [4.69, 9.17) is 5.73 Å². The first-order valence-corrected chi connectivity index (χ1v) is 8.93. The Balaban J connectivity index is 0.00000312. The maximum atomic E-state index is 11.8. The molecule has 4 N–H and O–H groups in total. The molecule has 2 aromatic rings. The van der Waals surface area contributed by atoms with Crippen LogP contribution in [0.15, 0.2) is 46.8 Å². The van der Waals surface area contributed by atoms with Gasteiger partial charge in [0.15, 0.2) is 5.96 Å². The highest BCUT2D eigenvalue weighted by molar-refractivity contribution is 14.0. The van der Waals surface area contributed by atoms with Gasteiger partial charge in [0.25, 0.3) is 5.91 Å². The molecule has 136 valence electrons. The number of nitrogens with zero attached hydrogens (tertiary/aromatic N) is 1. The number of nitrogens with one attached hydrogen (secondary N) is 2. The lowest BCUT2D eigenvalue weighted by Crippen LogP contribution is -2.25.